The van der Waals surface area contributed by atoms with Crippen LogP contribution in [0.3, 0.4) is 0 Å². The smallest absolute Gasteiger partial charge is 0.137 e. The fourth-order valence-corrected chi connectivity index (χ4v) is 2.73. The number of rotatable bonds is 11. The SMILES string of the molecule is CCCCCCCCCCCCN1N=C(C)N(N)C1C. The average molecular weight is 282 g/mol. The monoisotopic (exact) mass is 282 g/mol. The molecule has 1 aliphatic rings. The second-order valence-corrected chi connectivity index (χ2v) is 6.03. The van der Waals surface area contributed by atoms with E-state index in [9.17, 15) is 0 Å². The minimum atomic E-state index is 0.216. The van der Waals surface area contributed by atoms with E-state index in [1.165, 1.54) is 64.2 Å². The Labute approximate surface area is 125 Å². The van der Waals surface area contributed by atoms with Crippen LogP contribution in [0.1, 0.15) is 85.0 Å². The lowest BCUT2D eigenvalue weighted by molar-refractivity contribution is 0.144. The minimum absolute atomic E-state index is 0.216. The van der Waals surface area contributed by atoms with Gasteiger partial charge in [0.25, 0.3) is 0 Å². The van der Waals surface area contributed by atoms with Crippen molar-refractivity contribution in [2.24, 2.45) is 10.9 Å². The van der Waals surface area contributed by atoms with Crippen molar-refractivity contribution in [1.29, 1.82) is 0 Å². The van der Waals surface area contributed by atoms with Gasteiger partial charge >= 0.3 is 0 Å². The highest BCUT2D eigenvalue weighted by molar-refractivity contribution is 5.80. The Hall–Kier alpha value is -0.770. The molecule has 1 heterocycles. The maximum Gasteiger partial charge on any atom is 0.137 e. The normalized spacial score (nSPS) is 18.8. The maximum absolute atomic E-state index is 5.89. The van der Waals surface area contributed by atoms with E-state index in [-0.39, 0.29) is 6.17 Å². The summed E-state index contributed by atoms with van der Waals surface area (Å²) >= 11 is 0. The second-order valence-electron chi connectivity index (χ2n) is 6.03. The molecular weight excluding hydrogens is 248 g/mol. The molecule has 0 aliphatic carbocycles. The summed E-state index contributed by atoms with van der Waals surface area (Å²) in [6.07, 6.45) is 14.0. The van der Waals surface area contributed by atoms with Crippen molar-refractivity contribution in [1.82, 2.24) is 10.0 Å². The van der Waals surface area contributed by atoms with Crippen LogP contribution in [0.25, 0.3) is 0 Å². The standard InChI is InChI=1S/C16H34N4/c1-4-5-6-7-8-9-10-11-12-13-14-19-16(3)20(17)15(2)18-19/h16H,4-14,17H2,1-3H3. The number of hydrogen-bond donors (Lipinski definition) is 1. The van der Waals surface area contributed by atoms with Gasteiger partial charge in [-0.3, -0.25) is 10.0 Å². The first-order chi connectivity index (χ1) is 9.66. The highest BCUT2D eigenvalue weighted by Crippen LogP contribution is 2.15. The average Bonchev–Trinajstić information content (AvgIpc) is 2.68. The molecule has 0 aromatic rings. The van der Waals surface area contributed by atoms with E-state index in [1.54, 1.807) is 5.01 Å². The Kier molecular flexibility index (Phi) is 8.67. The molecule has 0 bridgehead atoms. The molecule has 0 spiro atoms. The molecule has 0 amide bonds. The van der Waals surface area contributed by atoms with Crippen LogP contribution < -0.4 is 5.84 Å². The van der Waals surface area contributed by atoms with Crippen LogP contribution in [0.2, 0.25) is 0 Å². The first-order valence-electron chi connectivity index (χ1n) is 8.52. The van der Waals surface area contributed by atoms with Crippen molar-refractivity contribution in [2.75, 3.05) is 6.54 Å². The molecule has 2 N–H and O–H groups in total. The lowest BCUT2D eigenvalue weighted by Crippen LogP contribution is -2.44. The van der Waals surface area contributed by atoms with Crippen LogP contribution in [-0.4, -0.2) is 28.6 Å². The molecule has 0 aromatic carbocycles. The van der Waals surface area contributed by atoms with Crippen molar-refractivity contribution in [3.63, 3.8) is 0 Å². The fraction of sp³-hybridized carbons (Fsp3) is 0.938. The highest BCUT2D eigenvalue weighted by atomic mass is 15.7. The number of unbranched alkanes of at least 4 members (excludes halogenated alkanes) is 9. The third-order valence-corrected chi connectivity index (χ3v) is 4.22. The molecule has 0 saturated carbocycles. The number of nitrogens with zero attached hydrogens (tertiary/aromatic N) is 3. The van der Waals surface area contributed by atoms with Crippen LogP contribution in [0.5, 0.6) is 0 Å². The van der Waals surface area contributed by atoms with Gasteiger partial charge in [-0.2, -0.15) is 5.10 Å². The topological polar surface area (TPSA) is 44.9 Å². The molecular formula is C16H34N4. The van der Waals surface area contributed by atoms with Gasteiger partial charge in [-0.15, -0.1) is 0 Å². The van der Waals surface area contributed by atoms with Crippen molar-refractivity contribution < 1.29 is 0 Å². The van der Waals surface area contributed by atoms with E-state index >= 15 is 0 Å². The first kappa shape index (κ1) is 17.3. The van der Waals surface area contributed by atoms with Gasteiger partial charge in [0.05, 0.1) is 0 Å². The van der Waals surface area contributed by atoms with E-state index in [1.807, 2.05) is 6.92 Å². The Balaban J connectivity index is 1.90. The summed E-state index contributed by atoms with van der Waals surface area (Å²) in [4.78, 5) is 0. The predicted octanol–water partition coefficient (Wildman–Crippen LogP) is 4.08. The summed E-state index contributed by atoms with van der Waals surface area (Å²) in [5.41, 5.74) is 0. The van der Waals surface area contributed by atoms with Crippen molar-refractivity contribution in [3.8, 4) is 0 Å². The lowest BCUT2D eigenvalue weighted by atomic mass is 10.1. The molecule has 4 nitrogen and oxygen atoms in total. The summed E-state index contributed by atoms with van der Waals surface area (Å²) in [6, 6.07) is 0. The molecule has 0 saturated heterocycles. The summed E-state index contributed by atoms with van der Waals surface area (Å²) in [5.74, 6) is 6.81. The third kappa shape index (κ3) is 6.12. The van der Waals surface area contributed by atoms with Crippen LogP contribution in [-0.2, 0) is 0 Å². The van der Waals surface area contributed by atoms with Gasteiger partial charge in [0.15, 0.2) is 0 Å². The van der Waals surface area contributed by atoms with Gasteiger partial charge < -0.3 is 0 Å². The molecule has 1 aliphatic heterocycles. The zero-order valence-electron chi connectivity index (χ0n) is 13.8. The maximum atomic E-state index is 5.89. The zero-order valence-corrected chi connectivity index (χ0v) is 13.8. The largest absolute Gasteiger partial charge is 0.273 e. The Morgan fingerprint density at radius 1 is 0.950 bits per heavy atom. The Morgan fingerprint density at radius 2 is 1.45 bits per heavy atom. The van der Waals surface area contributed by atoms with Crippen LogP contribution in [0, 0.1) is 0 Å². The van der Waals surface area contributed by atoms with Crippen molar-refractivity contribution >= 4 is 5.84 Å². The molecule has 0 aromatic heterocycles. The second kappa shape index (κ2) is 10.0. The Bertz CT molecular complexity index is 278. The number of nitrogens with two attached hydrogens (primary N) is 1. The third-order valence-electron chi connectivity index (χ3n) is 4.22. The van der Waals surface area contributed by atoms with E-state index in [4.69, 9.17) is 5.84 Å². The highest BCUT2D eigenvalue weighted by Gasteiger charge is 2.24. The predicted molar refractivity (Wildman–Crippen MR) is 87.1 cm³/mol. The van der Waals surface area contributed by atoms with Crippen LogP contribution in [0.4, 0.5) is 0 Å². The van der Waals surface area contributed by atoms with E-state index < -0.39 is 0 Å². The van der Waals surface area contributed by atoms with Crippen molar-refractivity contribution in [2.45, 2.75) is 91.1 Å². The summed E-state index contributed by atoms with van der Waals surface area (Å²) in [6.45, 7) is 7.38. The summed E-state index contributed by atoms with van der Waals surface area (Å²) in [7, 11) is 0. The summed E-state index contributed by atoms with van der Waals surface area (Å²) < 4.78 is 0. The number of hydrazone groups is 1. The zero-order chi connectivity index (χ0) is 14.8. The van der Waals surface area contributed by atoms with Crippen LogP contribution >= 0.6 is 0 Å². The van der Waals surface area contributed by atoms with E-state index in [0.29, 0.717) is 0 Å². The molecule has 1 rings (SSSR count). The minimum Gasteiger partial charge on any atom is -0.273 e. The molecule has 1 atom stereocenters. The number of hydrogen-bond acceptors (Lipinski definition) is 4. The van der Waals surface area contributed by atoms with Gasteiger partial charge in [0, 0.05) is 6.54 Å². The number of hydrazine groups is 1. The number of amidine groups is 1. The molecule has 118 valence electrons. The van der Waals surface area contributed by atoms with Crippen LogP contribution in [0.15, 0.2) is 5.10 Å². The lowest BCUT2D eigenvalue weighted by Gasteiger charge is -2.24. The molecule has 20 heavy (non-hydrogen) atoms. The van der Waals surface area contributed by atoms with Gasteiger partial charge in [-0.1, -0.05) is 64.7 Å². The van der Waals surface area contributed by atoms with Gasteiger partial charge in [0.2, 0.25) is 0 Å². The fourth-order valence-electron chi connectivity index (χ4n) is 2.73. The van der Waals surface area contributed by atoms with Gasteiger partial charge in [0.1, 0.15) is 12.0 Å². The molecule has 0 radical (unpaired) electrons. The molecule has 1 unspecified atom stereocenters. The quantitative estimate of drug-likeness (QED) is 0.459. The molecule has 0 fully saturated rings. The van der Waals surface area contributed by atoms with Gasteiger partial charge in [-0.25, -0.2) is 5.84 Å². The Morgan fingerprint density at radius 3 is 1.90 bits per heavy atom. The molecule has 4 heteroatoms. The van der Waals surface area contributed by atoms with Crippen molar-refractivity contribution in [3.05, 3.63) is 0 Å². The van der Waals surface area contributed by atoms with E-state index in [2.05, 4.69) is 24.0 Å². The van der Waals surface area contributed by atoms with E-state index in [0.717, 1.165) is 12.4 Å². The van der Waals surface area contributed by atoms with Gasteiger partial charge in [-0.05, 0) is 20.3 Å². The first-order valence-corrected chi connectivity index (χ1v) is 8.52. The summed E-state index contributed by atoms with van der Waals surface area (Å²) in [5, 5.41) is 8.33.